The first-order chi connectivity index (χ1) is 18.2. The van der Waals surface area contributed by atoms with Gasteiger partial charge >= 0.3 is 0 Å². The molecule has 0 atom stereocenters. The van der Waals surface area contributed by atoms with Gasteiger partial charge in [-0.1, -0.05) is 40.2 Å². The molecule has 1 heterocycles. The van der Waals surface area contributed by atoms with E-state index >= 15 is 0 Å². The normalized spacial score (nSPS) is 14.2. The third-order valence-corrected chi connectivity index (χ3v) is 7.13. The largest absolute Gasteiger partial charge is 0.492 e. The van der Waals surface area contributed by atoms with E-state index in [0.29, 0.717) is 17.1 Å². The minimum absolute atomic E-state index is 0.135. The van der Waals surface area contributed by atoms with Crippen LogP contribution in [0.25, 0.3) is 6.08 Å². The number of halogens is 1. The number of imide groups is 1. The van der Waals surface area contributed by atoms with Crippen LogP contribution in [-0.2, 0) is 9.59 Å². The molecule has 1 N–H and O–H groups in total. The van der Waals surface area contributed by atoms with Crippen molar-refractivity contribution in [3.05, 3.63) is 92.3 Å². The van der Waals surface area contributed by atoms with Crippen molar-refractivity contribution in [2.24, 2.45) is 0 Å². The summed E-state index contributed by atoms with van der Waals surface area (Å²) in [5.41, 5.74) is 4.35. The van der Waals surface area contributed by atoms with Crippen LogP contribution in [0.5, 0.6) is 11.5 Å². The Morgan fingerprint density at radius 1 is 1.00 bits per heavy atom. The van der Waals surface area contributed by atoms with Gasteiger partial charge in [-0.05, 0) is 91.7 Å². The summed E-state index contributed by atoms with van der Waals surface area (Å²) in [5, 5.41) is 2.51. The van der Waals surface area contributed by atoms with Crippen LogP contribution < -0.4 is 14.8 Å². The minimum Gasteiger partial charge on any atom is -0.492 e. The van der Waals surface area contributed by atoms with Crippen LogP contribution in [0.3, 0.4) is 0 Å². The number of anilines is 1. The molecular formula is C29H27BrN2O5S. The van der Waals surface area contributed by atoms with E-state index < -0.39 is 5.91 Å². The molecule has 196 valence electrons. The van der Waals surface area contributed by atoms with Gasteiger partial charge in [0.25, 0.3) is 17.1 Å². The zero-order valence-corrected chi connectivity index (χ0v) is 23.6. The molecule has 38 heavy (non-hydrogen) atoms. The molecule has 0 bridgehead atoms. The molecular weight excluding hydrogens is 568 g/mol. The molecule has 7 nitrogen and oxygen atoms in total. The molecule has 1 fully saturated rings. The molecule has 0 aromatic heterocycles. The number of carbonyl (C=O) groups is 3. The lowest BCUT2D eigenvalue weighted by Gasteiger charge is -2.14. The van der Waals surface area contributed by atoms with Crippen molar-refractivity contribution in [2.75, 3.05) is 25.1 Å². The Labute approximate surface area is 234 Å². The number of hydrogen-bond acceptors (Lipinski definition) is 6. The Morgan fingerprint density at radius 2 is 1.79 bits per heavy atom. The van der Waals surface area contributed by atoms with Gasteiger partial charge in [0.2, 0.25) is 0 Å². The molecule has 3 aromatic carbocycles. The lowest BCUT2D eigenvalue weighted by molar-refractivity contribution is -0.123. The predicted octanol–water partition coefficient (Wildman–Crippen LogP) is 6.51. The van der Waals surface area contributed by atoms with Gasteiger partial charge in [-0.15, -0.1) is 0 Å². The van der Waals surface area contributed by atoms with Crippen molar-refractivity contribution < 1.29 is 23.9 Å². The Bertz CT molecular complexity index is 1420. The van der Waals surface area contributed by atoms with Crippen LogP contribution in [0.2, 0.25) is 0 Å². The van der Waals surface area contributed by atoms with Crippen LogP contribution in [0.4, 0.5) is 10.5 Å². The molecule has 0 unspecified atom stereocenters. The monoisotopic (exact) mass is 594 g/mol. The van der Waals surface area contributed by atoms with Gasteiger partial charge < -0.3 is 14.8 Å². The Morgan fingerprint density at radius 3 is 2.58 bits per heavy atom. The van der Waals surface area contributed by atoms with Crippen LogP contribution in [0, 0.1) is 20.8 Å². The number of hydrogen-bond donors (Lipinski definition) is 1. The highest BCUT2D eigenvalue weighted by atomic mass is 79.9. The van der Waals surface area contributed by atoms with Crippen molar-refractivity contribution >= 4 is 56.5 Å². The van der Waals surface area contributed by atoms with Gasteiger partial charge in [0.05, 0.1) is 11.4 Å². The van der Waals surface area contributed by atoms with E-state index in [4.69, 9.17) is 9.47 Å². The smallest absolute Gasteiger partial charge is 0.293 e. The molecule has 0 spiro atoms. The summed E-state index contributed by atoms with van der Waals surface area (Å²) >= 11 is 4.30. The number of aryl methyl sites for hydroxylation is 3. The Kier molecular flexibility index (Phi) is 8.91. The quantitative estimate of drug-likeness (QED) is 0.284. The third kappa shape index (κ3) is 7.05. The molecule has 0 radical (unpaired) electrons. The molecule has 0 saturated carbocycles. The topological polar surface area (TPSA) is 84.9 Å². The van der Waals surface area contributed by atoms with Gasteiger partial charge in [0.15, 0.2) is 6.61 Å². The molecule has 3 aromatic rings. The fraction of sp³-hybridized carbons (Fsp3) is 0.207. The first-order valence-corrected chi connectivity index (χ1v) is 13.5. The average Bonchev–Trinajstić information content (AvgIpc) is 3.13. The van der Waals surface area contributed by atoms with Crippen LogP contribution >= 0.6 is 27.7 Å². The van der Waals surface area contributed by atoms with Crippen molar-refractivity contribution in [1.29, 1.82) is 0 Å². The van der Waals surface area contributed by atoms with Crippen molar-refractivity contribution in [2.45, 2.75) is 20.8 Å². The second-order valence-corrected chi connectivity index (χ2v) is 10.7. The van der Waals surface area contributed by atoms with Crippen molar-refractivity contribution in [3.8, 4) is 11.5 Å². The molecule has 1 aliphatic heterocycles. The summed E-state index contributed by atoms with van der Waals surface area (Å²) in [6.45, 7) is 5.95. The van der Waals surface area contributed by atoms with Crippen molar-refractivity contribution in [1.82, 2.24) is 4.90 Å². The van der Waals surface area contributed by atoms with Gasteiger partial charge in [0, 0.05) is 15.7 Å². The van der Waals surface area contributed by atoms with Crippen LogP contribution in [0.1, 0.15) is 22.3 Å². The summed E-state index contributed by atoms with van der Waals surface area (Å²) in [6.07, 6.45) is 1.61. The molecule has 9 heteroatoms. The fourth-order valence-electron chi connectivity index (χ4n) is 3.76. The SMILES string of the molecule is Cc1cccc(OCCN2C(=O)S/C(=C\c3cc(Br)ccc3OCC(=O)Nc3cc(C)ccc3C)C2=O)c1. The number of benzene rings is 3. The number of amides is 3. The Balaban J connectivity index is 1.41. The fourth-order valence-corrected chi connectivity index (χ4v) is 4.99. The van der Waals surface area contributed by atoms with Crippen molar-refractivity contribution in [3.63, 3.8) is 0 Å². The molecule has 4 rings (SSSR count). The summed E-state index contributed by atoms with van der Waals surface area (Å²) in [7, 11) is 0. The highest BCUT2D eigenvalue weighted by molar-refractivity contribution is 9.10. The maximum absolute atomic E-state index is 13.0. The number of carbonyl (C=O) groups excluding carboxylic acids is 3. The first kappa shape index (κ1) is 27.5. The van der Waals surface area contributed by atoms with E-state index in [9.17, 15) is 14.4 Å². The number of thioether (sulfide) groups is 1. The van der Waals surface area contributed by atoms with Gasteiger partial charge in [-0.3, -0.25) is 19.3 Å². The maximum atomic E-state index is 13.0. The van der Waals surface area contributed by atoms with E-state index in [1.807, 2.05) is 63.2 Å². The van der Waals surface area contributed by atoms with E-state index in [-0.39, 0.29) is 35.8 Å². The minimum atomic E-state index is -0.397. The van der Waals surface area contributed by atoms with Crippen LogP contribution in [0.15, 0.2) is 70.0 Å². The van der Waals surface area contributed by atoms with Crippen LogP contribution in [-0.4, -0.2) is 41.7 Å². The highest BCUT2D eigenvalue weighted by Gasteiger charge is 2.35. The number of nitrogens with one attached hydrogen (secondary N) is 1. The highest BCUT2D eigenvalue weighted by Crippen LogP contribution is 2.35. The van der Waals surface area contributed by atoms with E-state index in [0.717, 1.165) is 38.6 Å². The number of nitrogens with zero attached hydrogens (tertiary/aromatic N) is 1. The van der Waals surface area contributed by atoms with E-state index in [1.54, 1.807) is 24.3 Å². The summed E-state index contributed by atoms with van der Waals surface area (Å²) < 4.78 is 12.3. The molecule has 1 saturated heterocycles. The second kappa shape index (κ2) is 12.3. The third-order valence-electron chi connectivity index (χ3n) is 5.73. The lowest BCUT2D eigenvalue weighted by atomic mass is 10.1. The zero-order chi connectivity index (χ0) is 27.2. The summed E-state index contributed by atoms with van der Waals surface area (Å²) in [4.78, 5) is 39.5. The Hall–Kier alpha value is -3.56. The summed E-state index contributed by atoms with van der Waals surface area (Å²) in [5.74, 6) is 0.400. The predicted molar refractivity (Wildman–Crippen MR) is 154 cm³/mol. The maximum Gasteiger partial charge on any atom is 0.293 e. The molecule has 1 aliphatic rings. The summed E-state index contributed by atoms with van der Waals surface area (Å²) in [6, 6.07) is 18.7. The van der Waals surface area contributed by atoms with Gasteiger partial charge in [-0.25, -0.2) is 0 Å². The molecule has 0 aliphatic carbocycles. The second-order valence-electron chi connectivity index (χ2n) is 8.84. The average molecular weight is 596 g/mol. The first-order valence-electron chi connectivity index (χ1n) is 11.9. The number of ether oxygens (including phenoxy) is 2. The standard InChI is InChI=1S/C29H27BrN2O5S/c1-18-5-4-6-23(13-18)36-12-11-32-28(34)26(38-29(32)35)16-21-15-22(30)9-10-25(21)37-17-27(33)31-24-14-19(2)7-8-20(24)3/h4-10,13-16H,11-12,17H2,1-3H3,(H,31,33)/b26-16-. The lowest BCUT2D eigenvalue weighted by Crippen LogP contribution is -2.32. The molecule has 3 amide bonds. The van der Waals surface area contributed by atoms with E-state index in [1.165, 1.54) is 4.90 Å². The zero-order valence-electron chi connectivity index (χ0n) is 21.2. The van der Waals surface area contributed by atoms with Gasteiger partial charge in [-0.2, -0.15) is 0 Å². The van der Waals surface area contributed by atoms with E-state index in [2.05, 4.69) is 21.2 Å². The number of rotatable bonds is 9. The van der Waals surface area contributed by atoms with Gasteiger partial charge in [0.1, 0.15) is 18.1 Å².